The van der Waals surface area contributed by atoms with E-state index >= 15 is 0 Å². The van der Waals surface area contributed by atoms with E-state index in [1.54, 1.807) is 0 Å². The molecule has 128 valence electrons. The molecule has 5 rings (SSSR count). The molecule has 2 aromatic carbocycles. The first-order valence-electron chi connectivity index (χ1n) is 8.67. The first kappa shape index (κ1) is 14.9. The molecule has 2 atom stereocenters. The summed E-state index contributed by atoms with van der Waals surface area (Å²) in [6.45, 7) is 5.26. The van der Waals surface area contributed by atoms with Gasteiger partial charge in [-0.05, 0) is 43.2 Å². The van der Waals surface area contributed by atoms with Crippen LogP contribution in [0.1, 0.15) is 32.0 Å². The lowest BCUT2D eigenvalue weighted by Gasteiger charge is -2.27. The van der Waals surface area contributed by atoms with Gasteiger partial charge in [-0.15, -0.1) is 10.2 Å². The Morgan fingerprint density at radius 2 is 1.96 bits per heavy atom. The Bertz CT molecular complexity index is 949. The quantitative estimate of drug-likeness (QED) is 0.724. The van der Waals surface area contributed by atoms with Crippen LogP contribution in [0.3, 0.4) is 0 Å². The van der Waals surface area contributed by atoms with Crippen LogP contribution in [0.4, 0.5) is 0 Å². The fourth-order valence-corrected chi connectivity index (χ4v) is 4.12. The lowest BCUT2D eigenvalue weighted by Crippen LogP contribution is -2.35. The molecule has 5 heteroatoms. The van der Waals surface area contributed by atoms with Crippen molar-refractivity contribution in [1.29, 1.82) is 0 Å². The Kier molecular flexibility index (Phi) is 3.01. The zero-order chi connectivity index (χ0) is 17.1. The van der Waals surface area contributed by atoms with Gasteiger partial charge in [0.2, 0.25) is 5.89 Å². The Labute approximate surface area is 146 Å². The highest BCUT2D eigenvalue weighted by atomic mass is 16.5. The molecule has 1 saturated heterocycles. The van der Waals surface area contributed by atoms with E-state index in [2.05, 4.69) is 42.2 Å². The lowest BCUT2D eigenvalue weighted by atomic mass is 9.87. The minimum atomic E-state index is -0.249. The summed E-state index contributed by atoms with van der Waals surface area (Å²) in [4.78, 5) is 0. The van der Waals surface area contributed by atoms with Crippen molar-refractivity contribution >= 4 is 10.8 Å². The zero-order valence-corrected chi connectivity index (χ0v) is 14.4. The van der Waals surface area contributed by atoms with Crippen LogP contribution in [0.25, 0.3) is 10.8 Å². The van der Waals surface area contributed by atoms with Crippen molar-refractivity contribution in [3.63, 3.8) is 0 Å². The van der Waals surface area contributed by atoms with Gasteiger partial charge < -0.3 is 13.9 Å². The van der Waals surface area contributed by atoms with Crippen molar-refractivity contribution in [2.24, 2.45) is 5.92 Å². The predicted molar refractivity (Wildman–Crippen MR) is 92.4 cm³/mol. The standard InChI is InChI=1S/C20H20N2O3/c1-19(2)20(10-15(20)11-24-19)18-22-21-17(25-18)12-23-16-8-7-13-5-3-4-6-14(13)9-16/h3-9,15H,10-12H2,1-2H3. The lowest BCUT2D eigenvalue weighted by molar-refractivity contribution is -0.00889. The third kappa shape index (κ3) is 2.19. The molecule has 1 aliphatic carbocycles. The van der Waals surface area contributed by atoms with Gasteiger partial charge in [0.1, 0.15) is 5.75 Å². The molecule has 0 amide bonds. The average molecular weight is 336 g/mol. The van der Waals surface area contributed by atoms with E-state index in [0.29, 0.717) is 17.7 Å². The Balaban J connectivity index is 1.33. The van der Waals surface area contributed by atoms with Crippen LogP contribution in [-0.4, -0.2) is 22.4 Å². The van der Waals surface area contributed by atoms with Crippen molar-refractivity contribution in [3.05, 3.63) is 54.2 Å². The molecule has 0 N–H and O–H groups in total. The fourth-order valence-electron chi connectivity index (χ4n) is 4.12. The topological polar surface area (TPSA) is 57.4 Å². The number of nitrogens with zero attached hydrogens (tertiary/aromatic N) is 2. The molecule has 0 radical (unpaired) electrons. The summed E-state index contributed by atoms with van der Waals surface area (Å²) in [6.07, 6.45) is 1.06. The molecule has 2 heterocycles. The number of hydrogen-bond donors (Lipinski definition) is 0. The van der Waals surface area contributed by atoms with E-state index in [9.17, 15) is 0 Å². The van der Waals surface area contributed by atoms with Gasteiger partial charge in [-0.2, -0.15) is 0 Å². The smallest absolute Gasteiger partial charge is 0.253 e. The highest BCUT2D eigenvalue weighted by Gasteiger charge is 2.72. The largest absolute Gasteiger partial charge is 0.484 e. The van der Waals surface area contributed by atoms with Crippen LogP contribution in [0.15, 0.2) is 46.9 Å². The third-order valence-electron chi connectivity index (χ3n) is 5.76. The molecule has 1 aromatic heterocycles. The van der Waals surface area contributed by atoms with Gasteiger partial charge in [0.05, 0.1) is 17.6 Å². The van der Waals surface area contributed by atoms with Gasteiger partial charge in [0.25, 0.3) is 5.89 Å². The number of ether oxygens (including phenoxy) is 2. The van der Waals surface area contributed by atoms with Gasteiger partial charge in [0.15, 0.2) is 6.61 Å². The van der Waals surface area contributed by atoms with E-state index < -0.39 is 0 Å². The highest BCUT2D eigenvalue weighted by molar-refractivity contribution is 5.83. The predicted octanol–water partition coefficient (Wildman–Crippen LogP) is 3.87. The molecule has 3 aromatic rings. The molecule has 2 unspecified atom stereocenters. The Hall–Kier alpha value is -2.40. The van der Waals surface area contributed by atoms with Crippen LogP contribution >= 0.6 is 0 Å². The molecule has 2 fully saturated rings. The van der Waals surface area contributed by atoms with Crippen molar-refractivity contribution in [1.82, 2.24) is 10.2 Å². The summed E-state index contributed by atoms with van der Waals surface area (Å²) in [5.74, 6) is 2.49. The van der Waals surface area contributed by atoms with Gasteiger partial charge in [-0.3, -0.25) is 0 Å². The minimum absolute atomic E-state index is 0.110. The van der Waals surface area contributed by atoms with Gasteiger partial charge in [-0.1, -0.05) is 30.3 Å². The minimum Gasteiger partial charge on any atom is -0.484 e. The Morgan fingerprint density at radius 1 is 1.12 bits per heavy atom. The maximum Gasteiger partial charge on any atom is 0.253 e. The second kappa shape index (κ2) is 5.05. The van der Waals surface area contributed by atoms with Gasteiger partial charge >= 0.3 is 0 Å². The van der Waals surface area contributed by atoms with Crippen molar-refractivity contribution in [2.45, 2.75) is 37.9 Å². The van der Waals surface area contributed by atoms with Crippen LogP contribution in [-0.2, 0) is 16.8 Å². The summed E-state index contributed by atoms with van der Waals surface area (Å²) in [7, 11) is 0. The second-order valence-corrected chi connectivity index (χ2v) is 7.49. The first-order valence-corrected chi connectivity index (χ1v) is 8.67. The molecule has 5 nitrogen and oxygen atoms in total. The maximum absolute atomic E-state index is 5.93. The second-order valence-electron chi connectivity index (χ2n) is 7.49. The number of fused-ring (bicyclic) bond motifs is 2. The molecular formula is C20H20N2O3. The van der Waals surface area contributed by atoms with Gasteiger partial charge in [-0.25, -0.2) is 0 Å². The zero-order valence-electron chi connectivity index (χ0n) is 14.4. The number of aromatic nitrogens is 2. The number of hydrogen-bond acceptors (Lipinski definition) is 5. The average Bonchev–Trinajstić information content (AvgIpc) is 3.08. The van der Waals surface area contributed by atoms with Crippen LogP contribution in [0.2, 0.25) is 0 Å². The van der Waals surface area contributed by atoms with Crippen molar-refractivity contribution in [2.75, 3.05) is 6.61 Å². The molecule has 1 aliphatic heterocycles. The van der Waals surface area contributed by atoms with E-state index in [-0.39, 0.29) is 17.6 Å². The van der Waals surface area contributed by atoms with E-state index in [0.717, 1.165) is 24.2 Å². The van der Waals surface area contributed by atoms with E-state index in [4.69, 9.17) is 13.9 Å². The molecule has 2 aliphatic rings. The van der Waals surface area contributed by atoms with E-state index in [1.165, 1.54) is 5.39 Å². The SMILES string of the molecule is CC1(C)OCC2CC21c1nnc(COc2ccc3ccccc3c2)o1. The van der Waals surface area contributed by atoms with Crippen molar-refractivity contribution in [3.8, 4) is 5.75 Å². The molecule has 0 spiro atoms. The molecular weight excluding hydrogens is 316 g/mol. The normalized spacial score (nSPS) is 26.6. The van der Waals surface area contributed by atoms with Gasteiger partial charge in [0, 0.05) is 5.92 Å². The number of rotatable bonds is 4. The Morgan fingerprint density at radius 3 is 2.72 bits per heavy atom. The van der Waals surface area contributed by atoms with Crippen LogP contribution in [0.5, 0.6) is 5.75 Å². The fraction of sp³-hybridized carbons (Fsp3) is 0.400. The summed E-state index contributed by atoms with van der Waals surface area (Å²) < 4.78 is 17.7. The van der Waals surface area contributed by atoms with Crippen molar-refractivity contribution < 1.29 is 13.9 Å². The summed E-state index contributed by atoms with van der Waals surface area (Å²) >= 11 is 0. The number of benzene rings is 2. The maximum atomic E-state index is 5.93. The molecule has 25 heavy (non-hydrogen) atoms. The third-order valence-corrected chi connectivity index (χ3v) is 5.76. The highest BCUT2D eigenvalue weighted by Crippen LogP contribution is 2.65. The van der Waals surface area contributed by atoms with Crippen LogP contribution in [0, 0.1) is 5.92 Å². The monoisotopic (exact) mass is 336 g/mol. The molecule has 1 saturated carbocycles. The summed E-state index contributed by atoms with van der Waals surface area (Å²) in [6, 6.07) is 14.2. The summed E-state index contributed by atoms with van der Waals surface area (Å²) in [5.41, 5.74) is -0.359. The molecule has 0 bridgehead atoms. The first-order chi connectivity index (χ1) is 12.1. The summed E-state index contributed by atoms with van der Waals surface area (Å²) in [5, 5.41) is 10.8. The van der Waals surface area contributed by atoms with Crippen LogP contribution < -0.4 is 4.74 Å². The van der Waals surface area contributed by atoms with E-state index in [1.807, 2.05) is 24.3 Å².